The van der Waals surface area contributed by atoms with Crippen LogP contribution in [0.3, 0.4) is 0 Å². The van der Waals surface area contributed by atoms with Crippen molar-refractivity contribution in [1.29, 1.82) is 0 Å². The molecule has 3 aromatic rings. The Hall–Kier alpha value is -2.89. The van der Waals surface area contributed by atoms with E-state index >= 15 is 0 Å². The highest BCUT2D eigenvalue weighted by molar-refractivity contribution is 5.91. The zero-order valence-corrected chi connectivity index (χ0v) is 11.8. The van der Waals surface area contributed by atoms with Gasteiger partial charge in [-0.1, -0.05) is 0 Å². The molecule has 5 nitrogen and oxygen atoms in total. The molecule has 2 N–H and O–H groups in total. The van der Waals surface area contributed by atoms with Gasteiger partial charge in [0.1, 0.15) is 11.6 Å². The first kappa shape index (κ1) is 14.1. The van der Waals surface area contributed by atoms with Crippen LogP contribution >= 0.6 is 0 Å². The first-order chi connectivity index (χ1) is 10.5. The van der Waals surface area contributed by atoms with Gasteiger partial charge < -0.3 is 14.7 Å². The van der Waals surface area contributed by atoms with Gasteiger partial charge in [0, 0.05) is 28.7 Å². The van der Waals surface area contributed by atoms with Crippen molar-refractivity contribution in [3.05, 3.63) is 69.7 Å². The molecule has 2 heterocycles. The Morgan fingerprint density at radius 2 is 2.09 bits per heavy atom. The summed E-state index contributed by atoms with van der Waals surface area (Å²) >= 11 is 0. The molecule has 2 aromatic heterocycles. The second-order valence-corrected chi connectivity index (χ2v) is 4.98. The summed E-state index contributed by atoms with van der Waals surface area (Å²) < 4.78 is 18.3. The number of H-pyrrole nitrogens is 1. The lowest BCUT2D eigenvalue weighted by Gasteiger charge is -2.03. The highest BCUT2D eigenvalue weighted by Gasteiger charge is 2.10. The average Bonchev–Trinajstić information content (AvgIpc) is 2.85. The van der Waals surface area contributed by atoms with Gasteiger partial charge in [0.2, 0.25) is 0 Å². The van der Waals surface area contributed by atoms with E-state index in [2.05, 4.69) is 10.3 Å². The first-order valence-electron chi connectivity index (χ1n) is 6.68. The van der Waals surface area contributed by atoms with Crippen molar-refractivity contribution >= 4 is 16.8 Å². The number of halogens is 1. The van der Waals surface area contributed by atoms with E-state index in [-0.39, 0.29) is 23.6 Å². The highest BCUT2D eigenvalue weighted by atomic mass is 19.1. The quantitative estimate of drug-likeness (QED) is 0.780. The largest absolute Gasteiger partial charge is 0.456 e. The number of fused-ring (bicyclic) bond motifs is 1. The third-order valence-electron chi connectivity index (χ3n) is 3.19. The number of aromatic amines is 1. The number of benzene rings is 1. The Labute approximate surface area is 124 Å². The molecule has 0 aliphatic carbocycles. The molecular weight excluding hydrogens is 287 g/mol. The molecule has 0 fully saturated rings. The van der Waals surface area contributed by atoms with Crippen LogP contribution in [0.1, 0.15) is 22.0 Å². The number of aromatic nitrogens is 1. The van der Waals surface area contributed by atoms with Crippen LogP contribution in [0.15, 0.2) is 45.6 Å². The summed E-state index contributed by atoms with van der Waals surface area (Å²) in [4.78, 5) is 26.4. The molecule has 1 amide bonds. The predicted molar refractivity (Wildman–Crippen MR) is 79.1 cm³/mol. The SMILES string of the molecule is Cc1cc(=O)cc(C(=O)NCc2cc3cc(F)ccc3[nH]2)o1. The lowest BCUT2D eigenvalue weighted by molar-refractivity contribution is 0.0918. The van der Waals surface area contributed by atoms with Crippen LogP contribution in [0.5, 0.6) is 0 Å². The third-order valence-corrected chi connectivity index (χ3v) is 3.19. The second kappa shape index (κ2) is 5.48. The topological polar surface area (TPSA) is 75.1 Å². The number of aryl methyl sites for hydroxylation is 1. The molecule has 0 aliphatic heterocycles. The van der Waals surface area contributed by atoms with Crippen molar-refractivity contribution < 1.29 is 13.6 Å². The molecule has 1 aromatic carbocycles. The van der Waals surface area contributed by atoms with Gasteiger partial charge in [-0.25, -0.2) is 4.39 Å². The predicted octanol–water partition coefficient (Wildman–Crippen LogP) is 2.50. The van der Waals surface area contributed by atoms with Gasteiger partial charge in [0.15, 0.2) is 11.2 Å². The second-order valence-electron chi connectivity index (χ2n) is 4.98. The maximum Gasteiger partial charge on any atom is 0.287 e. The summed E-state index contributed by atoms with van der Waals surface area (Å²) in [6, 6.07) is 8.62. The molecular formula is C16H13FN2O3. The van der Waals surface area contributed by atoms with Crippen LogP contribution < -0.4 is 10.7 Å². The number of amides is 1. The van der Waals surface area contributed by atoms with Crippen LogP contribution in [0.25, 0.3) is 10.9 Å². The van der Waals surface area contributed by atoms with Crippen molar-refractivity contribution in [1.82, 2.24) is 10.3 Å². The summed E-state index contributed by atoms with van der Waals surface area (Å²) in [5, 5.41) is 3.38. The molecule has 0 saturated carbocycles. The van der Waals surface area contributed by atoms with E-state index in [0.717, 1.165) is 22.7 Å². The number of hydrogen-bond donors (Lipinski definition) is 2. The van der Waals surface area contributed by atoms with E-state index < -0.39 is 5.91 Å². The summed E-state index contributed by atoms with van der Waals surface area (Å²) in [5.74, 6) is -0.458. The molecule has 22 heavy (non-hydrogen) atoms. The first-order valence-corrected chi connectivity index (χ1v) is 6.68. The lowest BCUT2D eigenvalue weighted by Crippen LogP contribution is -2.24. The van der Waals surface area contributed by atoms with E-state index in [1.54, 1.807) is 19.1 Å². The molecule has 112 valence electrons. The molecule has 0 unspecified atom stereocenters. The zero-order valence-electron chi connectivity index (χ0n) is 11.8. The summed E-state index contributed by atoms with van der Waals surface area (Å²) in [6.07, 6.45) is 0. The van der Waals surface area contributed by atoms with Gasteiger partial charge in [0.05, 0.1) is 6.54 Å². The zero-order chi connectivity index (χ0) is 15.7. The number of rotatable bonds is 3. The van der Waals surface area contributed by atoms with E-state index in [4.69, 9.17) is 4.42 Å². The number of carbonyl (C=O) groups excluding carboxylic acids is 1. The maximum atomic E-state index is 13.1. The standard InChI is InChI=1S/C16H13FN2O3/c1-9-4-13(20)7-15(22-9)16(21)18-8-12-6-10-5-11(17)2-3-14(10)19-12/h2-7,19H,8H2,1H3,(H,18,21). The van der Waals surface area contributed by atoms with Gasteiger partial charge in [-0.2, -0.15) is 0 Å². The van der Waals surface area contributed by atoms with Crippen molar-refractivity contribution in [3.8, 4) is 0 Å². The van der Waals surface area contributed by atoms with Crippen molar-refractivity contribution in [3.63, 3.8) is 0 Å². The average molecular weight is 300 g/mol. The minimum Gasteiger partial charge on any atom is -0.456 e. The molecule has 0 aliphatic rings. The fourth-order valence-electron chi connectivity index (χ4n) is 2.24. The highest BCUT2D eigenvalue weighted by Crippen LogP contribution is 2.16. The Bertz CT molecular complexity index is 911. The van der Waals surface area contributed by atoms with Gasteiger partial charge in [-0.15, -0.1) is 0 Å². The third kappa shape index (κ3) is 2.90. The monoisotopic (exact) mass is 300 g/mol. The van der Waals surface area contributed by atoms with Crippen LogP contribution in [-0.2, 0) is 6.54 Å². The van der Waals surface area contributed by atoms with Crippen LogP contribution in [0, 0.1) is 12.7 Å². The van der Waals surface area contributed by atoms with E-state index in [1.807, 2.05) is 0 Å². The van der Waals surface area contributed by atoms with Gasteiger partial charge in [-0.3, -0.25) is 9.59 Å². The Morgan fingerprint density at radius 3 is 2.86 bits per heavy atom. The minimum atomic E-state index is -0.481. The molecule has 0 radical (unpaired) electrons. The van der Waals surface area contributed by atoms with Gasteiger partial charge in [0.25, 0.3) is 5.91 Å². The van der Waals surface area contributed by atoms with E-state index in [0.29, 0.717) is 5.76 Å². The molecule has 3 rings (SSSR count). The summed E-state index contributed by atoms with van der Waals surface area (Å²) in [6.45, 7) is 1.82. The fraction of sp³-hybridized carbons (Fsp3) is 0.125. The van der Waals surface area contributed by atoms with Crippen molar-refractivity contribution in [2.75, 3.05) is 0 Å². The molecule has 0 atom stereocenters. The van der Waals surface area contributed by atoms with Crippen LogP contribution in [0.2, 0.25) is 0 Å². The van der Waals surface area contributed by atoms with E-state index in [9.17, 15) is 14.0 Å². The van der Waals surface area contributed by atoms with Crippen LogP contribution in [-0.4, -0.2) is 10.9 Å². The normalized spacial score (nSPS) is 10.8. The minimum absolute atomic E-state index is 0.0350. The lowest BCUT2D eigenvalue weighted by atomic mass is 10.2. The van der Waals surface area contributed by atoms with Crippen molar-refractivity contribution in [2.45, 2.75) is 13.5 Å². The molecule has 0 spiro atoms. The molecule has 6 heteroatoms. The number of nitrogens with one attached hydrogen (secondary N) is 2. The smallest absolute Gasteiger partial charge is 0.287 e. The Morgan fingerprint density at radius 1 is 1.27 bits per heavy atom. The number of hydrogen-bond acceptors (Lipinski definition) is 3. The Kier molecular flexibility index (Phi) is 3.50. The summed E-state index contributed by atoms with van der Waals surface area (Å²) in [5.41, 5.74) is 1.23. The van der Waals surface area contributed by atoms with Crippen LogP contribution in [0.4, 0.5) is 4.39 Å². The fourth-order valence-corrected chi connectivity index (χ4v) is 2.24. The molecule has 0 saturated heterocycles. The number of carbonyl (C=O) groups is 1. The van der Waals surface area contributed by atoms with Gasteiger partial charge in [-0.05, 0) is 31.2 Å². The van der Waals surface area contributed by atoms with E-state index in [1.165, 1.54) is 18.2 Å². The Balaban J connectivity index is 1.75. The molecule has 0 bridgehead atoms. The van der Waals surface area contributed by atoms with Gasteiger partial charge >= 0.3 is 0 Å². The summed E-state index contributed by atoms with van der Waals surface area (Å²) in [7, 11) is 0. The van der Waals surface area contributed by atoms with Crippen molar-refractivity contribution in [2.24, 2.45) is 0 Å². The maximum absolute atomic E-state index is 13.1.